The largest absolute Gasteiger partial charge is 0.486 e. The van der Waals surface area contributed by atoms with Crippen molar-refractivity contribution in [2.75, 3.05) is 18.5 Å². The minimum atomic E-state index is -0.229. The fourth-order valence-corrected chi connectivity index (χ4v) is 3.70. The smallest absolute Gasteiger partial charge is 0.259 e. The van der Waals surface area contributed by atoms with Crippen LogP contribution in [0.1, 0.15) is 10.4 Å². The van der Waals surface area contributed by atoms with Crippen LogP contribution in [0.4, 0.5) is 5.13 Å². The van der Waals surface area contributed by atoms with Gasteiger partial charge in [-0.25, -0.2) is 4.98 Å². The first-order chi connectivity index (χ1) is 13.3. The second-order valence-electron chi connectivity index (χ2n) is 5.99. The highest BCUT2D eigenvalue weighted by Crippen LogP contribution is 2.35. The number of ether oxygens (including phenoxy) is 2. The first-order valence-electron chi connectivity index (χ1n) is 8.37. The summed E-state index contributed by atoms with van der Waals surface area (Å²) in [7, 11) is 0. The highest BCUT2D eigenvalue weighted by atomic mass is 32.1. The number of aromatic amines is 1. The summed E-state index contributed by atoms with van der Waals surface area (Å²) in [5, 5.41) is 13.0. The Morgan fingerprint density at radius 2 is 2.04 bits per heavy atom. The fraction of sp³-hybridized carbons (Fsp3) is 0.105. The van der Waals surface area contributed by atoms with E-state index < -0.39 is 0 Å². The molecule has 2 aromatic heterocycles. The van der Waals surface area contributed by atoms with E-state index in [2.05, 4.69) is 20.5 Å². The van der Waals surface area contributed by atoms with Crippen LogP contribution in [-0.4, -0.2) is 34.3 Å². The summed E-state index contributed by atoms with van der Waals surface area (Å²) in [6.45, 7) is 1.09. The maximum atomic E-state index is 12.6. The average molecular weight is 378 g/mol. The van der Waals surface area contributed by atoms with Crippen LogP contribution >= 0.6 is 11.3 Å². The molecule has 2 N–H and O–H groups in total. The topological polar surface area (TPSA) is 89.1 Å². The van der Waals surface area contributed by atoms with Crippen LogP contribution in [0.15, 0.2) is 48.0 Å². The van der Waals surface area contributed by atoms with Crippen LogP contribution in [0.5, 0.6) is 11.5 Å². The maximum Gasteiger partial charge on any atom is 0.259 e. The van der Waals surface area contributed by atoms with Crippen LogP contribution < -0.4 is 14.8 Å². The van der Waals surface area contributed by atoms with E-state index in [1.54, 1.807) is 12.3 Å². The standard InChI is InChI=1S/C19H14N4O3S/c24-18(13-3-1-2-12-9-20-23-17(12)13)22-19-21-14(10-27-19)11-4-5-15-16(8-11)26-7-6-25-15/h1-5,8-10H,6-7H2,(H,20,23)(H,21,22,24). The lowest BCUT2D eigenvalue weighted by Gasteiger charge is -2.18. The number of para-hydroxylation sites is 1. The van der Waals surface area contributed by atoms with Gasteiger partial charge in [0, 0.05) is 16.3 Å². The molecule has 0 unspecified atom stereocenters. The van der Waals surface area contributed by atoms with Crippen molar-refractivity contribution in [3.8, 4) is 22.8 Å². The number of amides is 1. The number of thiazole rings is 1. The molecule has 5 rings (SSSR count). The predicted molar refractivity (Wildman–Crippen MR) is 103 cm³/mol. The number of benzene rings is 2. The Balaban J connectivity index is 1.39. The molecule has 0 radical (unpaired) electrons. The van der Waals surface area contributed by atoms with Gasteiger partial charge in [0.2, 0.25) is 0 Å². The highest BCUT2D eigenvalue weighted by Gasteiger charge is 2.16. The molecule has 2 aromatic carbocycles. The van der Waals surface area contributed by atoms with Crippen LogP contribution in [-0.2, 0) is 0 Å². The summed E-state index contributed by atoms with van der Waals surface area (Å²) >= 11 is 1.37. The summed E-state index contributed by atoms with van der Waals surface area (Å²) < 4.78 is 11.2. The monoisotopic (exact) mass is 378 g/mol. The van der Waals surface area contributed by atoms with Gasteiger partial charge in [-0.15, -0.1) is 11.3 Å². The number of hydrogen-bond acceptors (Lipinski definition) is 6. The molecule has 4 aromatic rings. The molecule has 134 valence electrons. The second kappa shape index (κ2) is 6.40. The summed E-state index contributed by atoms with van der Waals surface area (Å²) in [6.07, 6.45) is 1.69. The number of aromatic nitrogens is 3. The van der Waals surface area contributed by atoms with Gasteiger partial charge in [0.15, 0.2) is 16.6 Å². The van der Waals surface area contributed by atoms with E-state index in [-0.39, 0.29) is 5.91 Å². The van der Waals surface area contributed by atoms with E-state index in [0.29, 0.717) is 35.2 Å². The Bertz CT molecular complexity index is 1150. The molecule has 0 atom stereocenters. The van der Waals surface area contributed by atoms with Crippen LogP contribution in [0, 0.1) is 0 Å². The third-order valence-corrected chi connectivity index (χ3v) is 5.04. The van der Waals surface area contributed by atoms with Gasteiger partial charge < -0.3 is 9.47 Å². The molecule has 27 heavy (non-hydrogen) atoms. The molecule has 1 aliphatic rings. The van der Waals surface area contributed by atoms with Gasteiger partial charge >= 0.3 is 0 Å². The van der Waals surface area contributed by atoms with E-state index in [9.17, 15) is 4.79 Å². The van der Waals surface area contributed by atoms with E-state index in [0.717, 1.165) is 22.4 Å². The van der Waals surface area contributed by atoms with Crippen molar-refractivity contribution in [3.63, 3.8) is 0 Å². The summed E-state index contributed by atoms with van der Waals surface area (Å²) in [4.78, 5) is 17.2. The van der Waals surface area contributed by atoms with Gasteiger partial charge in [0.1, 0.15) is 13.2 Å². The molecule has 0 spiro atoms. The lowest BCUT2D eigenvalue weighted by atomic mass is 10.1. The average Bonchev–Trinajstić information content (AvgIpc) is 3.36. The molecule has 0 saturated heterocycles. The summed E-state index contributed by atoms with van der Waals surface area (Å²) in [5.74, 6) is 1.22. The number of nitrogens with one attached hydrogen (secondary N) is 2. The normalized spacial score (nSPS) is 12.9. The van der Waals surface area contributed by atoms with Crippen molar-refractivity contribution < 1.29 is 14.3 Å². The molecule has 3 heterocycles. The van der Waals surface area contributed by atoms with Crippen molar-refractivity contribution in [2.24, 2.45) is 0 Å². The Morgan fingerprint density at radius 3 is 2.96 bits per heavy atom. The minimum Gasteiger partial charge on any atom is -0.486 e. The Morgan fingerprint density at radius 1 is 1.15 bits per heavy atom. The van der Waals surface area contributed by atoms with Gasteiger partial charge in [0.05, 0.1) is 23.0 Å². The Kier molecular flexibility index (Phi) is 3.75. The molecule has 7 nitrogen and oxygen atoms in total. The zero-order chi connectivity index (χ0) is 18.2. The molecular formula is C19H14N4O3S. The second-order valence-corrected chi connectivity index (χ2v) is 6.85. The predicted octanol–water partition coefficient (Wildman–Crippen LogP) is 3.71. The Labute approximate surface area is 158 Å². The fourth-order valence-electron chi connectivity index (χ4n) is 2.99. The molecular weight excluding hydrogens is 364 g/mol. The van der Waals surface area contributed by atoms with Crippen LogP contribution in [0.2, 0.25) is 0 Å². The van der Waals surface area contributed by atoms with Crippen molar-refractivity contribution in [2.45, 2.75) is 0 Å². The number of hydrogen-bond donors (Lipinski definition) is 2. The zero-order valence-corrected chi connectivity index (χ0v) is 14.9. The van der Waals surface area contributed by atoms with Gasteiger partial charge in [0.25, 0.3) is 5.91 Å². The number of H-pyrrole nitrogens is 1. The van der Waals surface area contributed by atoms with Crippen molar-refractivity contribution in [1.82, 2.24) is 15.2 Å². The van der Waals surface area contributed by atoms with Crippen LogP contribution in [0.25, 0.3) is 22.2 Å². The molecule has 0 aliphatic carbocycles. The molecule has 8 heteroatoms. The summed E-state index contributed by atoms with van der Waals surface area (Å²) in [5.41, 5.74) is 2.92. The number of fused-ring (bicyclic) bond motifs is 2. The lowest BCUT2D eigenvalue weighted by molar-refractivity contribution is 0.102. The number of rotatable bonds is 3. The third kappa shape index (κ3) is 2.89. The maximum absolute atomic E-state index is 12.6. The highest BCUT2D eigenvalue weighted by molar-refractivity contribution is 7.14. The minimum absolute atomic E-state index is 0.229. The lowest BCUT2D eigenvalue weighted by Crippen LogP contribution is -2.15. The summed E-state index contributed by atoms with van der Waals surface area (Å²) in [6, 6.07) is 11.2. The number of anilines is 1. The number of nitrogens with zero attached hydrogens (tertiary/aromatic N) is 2. The quantitative estimate of drug-likeness (QED) is 0.567. The Hall–Kier alpha value is -3.39. The van der Waals surface area contributed by atoms with E-state index in [1.807, 2.05) is 35.7 Å². The van der Waals surface area contributed by atoms with Gasteiger partial charge in [-0.3, -0.25) is 15.2 Å². The van der Waals surface area contributed by atoms with Crippen molar-refractivity contribution in [3.05, 3.63) is 53.5 Å². The number of carbonyl (C=O) groups is 1. The van der Waals surface area contributed by atoms with E-state index >= 15 is 0 Å². The molecule has 0 fully saturated rings. The zero-order valence-electron chi connectivity index (χ0n) is 14.1. The first-order valence-corrected chi connectivity index (χ1v) is 9.25. The first kappa shape index (κ1) is 15.8. The molecule has 1 aliphatic heterocycles. The molecule has 0 bridgehead atoms. The van der Waals surface area contributed by atoms with Crippen LogP contribution in [0.3, 0.4) is 0 Å². The van der Waals surface area contributed by atoms with Crippen molar-refractivity contribution in [1.29, 1.82) is 0 Å². The van der Waals surface area contributed by atoms with E-state index in [4.69, 9.17) is 9.47 Å². The number of carbonyl (C=O) groups excluding carboxylic acids is 1. The van der Waals surface area contributed by atoms with Crippen molar-refractivity contribution >= 4 is 33.3 Å². The van der Waals surface area contributed by atoms with Gasteiger partial charge in [-0.1, -0.05) is 12.1 Å². The molecule has 0 saturated carbocycles. The third-order valence-electron chi connectivity index (χ3n) is 4.28. The van der Waals surface area contributed by atoms with Gasteiger partial charge in [-0.2, -0.15) is 5.10 Å². The van der Waals surface area contributed by atoms with Gasteiger partial charge in [-0.05, 0) is 24.3 Å². The molecule has 1 amide bonds. The van der Waals surface area contributed by atoms with E-state index in [1.165, 1.54) is 11.3 Å². The SMILES string of the molecule is O=C(Nc1nc(-c2ccc3c(c2)OCCO3)cs1)c1cccc2cn[nH]c12.